The molecule has 150 valence electrons. The number of rotatable bonds is 16. The monoisotopic (exact) mass is 372 g/mol. The average Bonchev–Trinajstić information content (AvgIpc) is 2.71. The molecular formula is C21H36N6. The zero-order chi connectivity index (χ0) is 19.0. The molecule has 0 bridgehead atoms. The fourth-order valence-corrected chi connectivity index (χ4v) is 2.98. The molecule has 0 heterocycles. The van der Waals surface area contributed by atoms with Gasteiger partial charge in [0.25, 0.3) is 0 Å². The van der Waals surface area contributed by atoms with Gasteiger partial charge in [-0.05, 0) is 16.3 Å². The summed E-state index contributed by atoms with van der Waals surface area (Å²) in [5, 5.41) is 19.7. The number of hydrogen-bond donors (Lipinski definition) is 6. The zero-order valence-electron chi connectivity index (χ0n) is 16.4. The number of hydrogen-bond acceptors (Lipinski definition) is 6. The van der Waals surface area contributed by atoms with Gasteiger partial charge in [-0.15, -0.1) is 0 Å². The van der Waals surface area contributed by atoms with Crippen LogP contribution < -0.4 is 32.3 Å². The third-order valence-corrected chi connectivity index (χ3v) is 4.43. The van der Waals surface area contributed by atoms with Gasteiger partial charge < -0.3 is 32.3 Å². The maximum Gasteiger partial charge on any atom is 0.0212 e. The van der Waals surface area contributed by atoms with Gasteiger partial charge in [0, 0.05) is 72.0 Å². The lowest BCUT2D eigenvalue weighted by molar-refractivity contribution is 0.558. The number of fused-ring (bicyclic) bond motifs is 1. The zero-order valence-corrected chi connectivity index (χ0v) is 16.4. The lowest BCUT2D eigenvalue weighted by Crippen LogP contribution is -2.37. The summed E-state index contributed by atoms with van der Waals surface area (Å²) in [6.45, 7) is 10.4. The second-order valence-corrected chi connectivity index (χ2v) is 6.60. The molecule has 6 heteroatoms. The first-order valence-electron chi connectivity index (χ1n) is 10.1. The molecule has 0 unspecified atom stereocenters. The molecule has 0 aliphatic carbocycles. The number of nitrogens with one attached hydrogen (secondary N) is 5. The molecule has 0 radical (unpaired) electrons. The van der Waals surface area contributed by atoms with Crippen molar-refractivity contribution in [2.24, 2.45) is 5.73 Å². The Morgan fingerprint density at radius 2 is 1.07 bits per heavy atom. The van der Waals surface area contributed by atoms with Gasteiger partial charge in [-0.1, -0.05) is 42.5 Å². The van der Waals surface area contributed by atoms with Gasteiger partial charge in [0.1, 0.15) is 0 Å². The largest absolute Gasteiger partial charge is 0.329 e. The van der Waals surface area contributed by atoms with Crippen LogP contribution in [0.5, 0.6) is 0 Å². The van der Waals surface area contributed by atoms with Crippen LogP contribution in [0.4, 0.5) is 0 Å². The van der Waals surface area contributed by atoms with E-state index in [-0.39, 0.29) is 0 Å². The molecule has 0 aromatic heterocycles. The van der Waals surface area contributed by atoms with Gasteiger partial charge in [0.2, 0.25) is 0 Å². The van der Waals surface area contributed by atoms with Gasteiger partial charge >= 0.3 is 0 Å². The second-order valence-electron chi connectivity index (χ2n) is 6.60. The van der Waals surface area contributed by atoms with E-state index in [1.807, 2.05) is 0 Å². The van der Waals surface area contributed by atoms with Gasteiger partial charge in [-0.2, -0.15) is 0 Å². The van der Waals surface area contributed by atoms with Gasteiger partial charge in [0.15, 0.2) is 0 Å². The molecule has 2 aromatic carbocycles. The number of benzene rings is 2. The molecule has 2 rings (SSSR count). The minimum Gasteiger partial charge on any atom is -0.329 e. The molecule has 0 spiro atoms. The quantitative estimate of drug-likeness (QED) is 0.237. The topological polar surface area (TPSA) is 86.2 Å². The van der Waals surface area contributed by atoms with E-state index in [1.165, 1.54) is 16.3 Å². The molecule has 27 heavy (non-hydrogen) atoms. The Labute approximate surface area is 163 Å². The molecule has 0 atom stereocenters. The van der Waals surface area contributed by atoms with Gasteiger partial charge in [-0.25, -0.2) is 0 Å². The van der Waals surface area contributed by atoms with Gasteiger partial charge in [-0.3, -0.25) is 0 Å². The van der Waals surface area contributed by atoms with Crippen LogP contribution in [-0.2, 0) is 6.54 Å². The fourth-order valence-electron chi connectivity index (χ4n) is 2.98. The van der Waals surface area contributed by atoms with Crippen LogP contribution in [0.2, 0.25) is 0 Å². The highest BCUT2D eigenvalue weighted by molar-refractivity contribution is 5.85. The molecule has 0 aliphatic rings. The highest BCUT2D eigenvalue weighted by Crippen LogP contribution is 2.17. The molecule has 0 saturated heterocycles. The van der Waals surface area contributed by atoms with Crippen LogP contribution in [-0.4, -0.2) is 65.4 Å². The Hall–Kier alpha value is -1.54. The maximum atomic E-state index is 5.42. The molecule has 0 aliphatic heterocycles. The summed E-state index contributed by atoms with van der Waals surface area (Å²) >= 11 is 0. The van der Waals surface area contributed by atoms with E-state index in [9.17, 15) is 0 Å². The van der Waals surface area contributed by atoms with Crippen molar-refractivity contribution < 1.29 is 0 Å². The van der Waals surface area contributed by atoms with Crippen molar-refractivity contribution in [3.63, 3.8) is 0 Å². The SMILES string of the molecule is NCCNCCNCCNCCNCCNCc1cccc2ccccc12. The van der Waals surface area contributed by atoms with Crippen molar-refractivity contribution in [3.05, 3.63) is 48.0 Å². The Morgan fingerprint density at radius 1 is 0.556 bits per heavy atom. The molecule has 7 N–H and O–H groups in total. The Morgan fingerprint density at radius 3 is 1.70 bits per heavy atom. The Bertz CT molecular complexity index is 613. The van der Waals surface area contributed by atoms with E-state index < -0.39 is 0 Å². The molecule has 0 amide bonds. The Balaban J connectivity index is 1.40. The first kappa shape index (κ1) is 21.8. The first-order valence-corrected chi connectivity index (χ1v) is 10.1. The third kappa shape index (κ3) is 9.28. The molecule has 0 fully saturated rings. The minimum atomic E-state index is 0.702. The predicted molar refractivity (Wildman–Crippen MR) is 116 cm³/mol. The second kappa shape index (κ2) is 14.5. The van der Waals surface area contributed by atoms with Crippen molar-refractivity contribution in [3.8, 4) is 0 Å². The van der Waals surface area contributed by atoms with Crippen LogP contribution in [0.25, 0.3) is 10.8 Å². The summed E-state index contributed by atoms with van der Waals surface area (Å²) in [4.78, 5) is 0. The minimum absolute atomic E-state index is 0.702. The summed E-state index contributed by atoms with van der Waals surface area (Å²) in [5.74, 6) is 0. The first-order chi connectivity index (χ1) is 13.4. The lowest BCUT2D eigenvalue weighted by Gasteiger charge is -2.10. The van der Waals surface area contributed by atoms with Crippen LogP contribution in [0.1, 0.15) is 5.56 Å². The van der Waals surface area contributed by atoms with Crippen LogP contribution in [0.3, 0.4) is 0 Å². The van der Waals surface area contributed by atoms with E-state index in [2.05, 4.69) is 69.0 Å². The van der Waals surface area contributed by atoms with Gasteiger partial charge in [0.05, 0.1) is 0 Å². The van der Waals surface area contributed by atoms with E-state index in [4.69, 9.17) is 5.73 Å². The molecular weight excluding hydrogens is 336 g/mol. The van der Waals surface area contributed by atoms with E-state index in [0.29, 0.717) is 6.54 Å². The highest BCUT2D eigenvalue weighted by atomic mass is 15.0. The van der Waals surface area contributed by atoms with Crippen molar-refractivity contribution in [1.29, 1.82) is 0 Å². The van der Waals surface area contributed by atoms with Crippen molar-refractivity contribution >= 4 is 10.8 Å². The standard InChI is InChI=1S/C21H36N6/c22-8-9-23-10-11-24-12-13-25-14-15-26-16-17-27-18-20-6-3-5-19-4-1-2-7-21(19)20/h1-7,23-27H,8-18,22H2. The van der Waals surface area contributed by atoms with Crippen molar-refractivity contribution in [2.45, 2.75) is 6.54 Å². The van der Waals surface area contributed by atoms with Crippen molar-refractivity contribution in [1.82, 2.24) is 26.6 Å². The summed E-state index contributed by atoms with van der Waals surface area (Å²) < 4.78 is 0. The average molecular weight is 373 g/mol. The smallest absolute Gasteiger partial charge is 0.0212 e. The summed E-state index contributed by atoms with van der Waals surface area (Å²) in [6, 6.07) is 15.1. The lowest BCUT2D eigenvalue weighted by atomic mass is 10.0. The molecule has 0 saturated carbocycles. The summed E-state index contributed by atoms with van der Waals surface area (Å²) in [5.41, 5.74) is 6.78. The normalized spacial score (nSPS) is 11.3. The molecule has 2 aromatic rings. The molecule has 6 nitrogen and oxygen atoms in total. The Kier molecular flexibility index (Phi) is 11.7. The summed E-state index contributed by atoms with van der Waals surface area (Å²) in [6.07, 6.45) is 0. The highest BCUT2D eigenvalue weighted by Gasteiger charge is 1.99. The summed E-state index contributed by atoms with van der Waals surface area (Å²) in [7, 11) is 0. The number of nitrogens with two attached hydrogens (primary N) is 1. The fraction of sp³-hybridized carbons (Fsp3) is 0.524. The maximum absolute atomic E-state index is 5.42. The van der Waals surface area contributed by atoms with E-state index in [1.54, 1.807) is 0 Å². The van der Waals surface area contributed by atoms with Crippen LogP contribution >= 0.6 is 0 Å². The van der Waals surface area contributed by atoms with Crippen LogP contribution in [0.15, 0.2) is 42.5 Å². The van der Waals surface area contributed by atoms with E-state index >= 15 is 0 Å². The third-order valence-electron chi connectivity index (χ3n) is 4.43. The van der Waals surface area contributed by atoms with E-state index in [0.717, 1.165) is 65.4 Å². The van der Waals surface area contributed by atoms with Crippen LogP contribution in [0, 0.1) is 0 Å². The predicted octanol–water partition coefficient (Wildman–Crippen LogP) is 0.247. The van der Waals surface area contributed by atoms with Crippen molar-refractivity contribution in [2.75, 3.05) is 65.4 Å².